The minimum Gasteiger partial charge on any atom is -0.454 e. The third-order valence-corrected chi connectivity index (χ3v) is 5.21. The lowest BCUT2D eigenvalue weighted by molar-refractivity contribution is 0.174. The molecule has 0 saturated heterocycles. The lowest BCUT2D eigenvalue weighted by atomic mass is 10.1. The first-order valence-corrected chi connectivity index (χ1v) is 9.72. The van der Waals surface area contributed by atoms with Crippen molar-refractivity contribution in [2.24, 2.45) is 10.7 Å². The predicted molar refractivity (Wildman–Crippen MR) is 109 cm³/mol. The average molecular weight is 379 g/mol. The lowest BCUT2D eigenvalue weighted by Gasteiger charge is -2.06. The van der Waals surface area contributed by atoms with Gasteiger partial charge in [-0.1, -0.05) is 24.3 Å². The number of amidine groups is 1. The van der Waals surface area contributed by atoms with E-state index in [0.29, 0.717) is 12.6 Å². The van der Waals surface area contributed by atoms with Crippen molar-refractivity contribution in [3.8, 4) is 11.5 Å². The van der Waals surface area contributed by atoms with Gasteiger partial charge < -0.3 is 20.5 Å². The molecule has 0 unspecified atom stereocenters. The summed E-state index contributed by atoms with van der Waals surface area (Å²) in [6.45, 7) is 2.01. The highest BCUT2D eigenvalue weighted by Gasteiger charge is 2.12. The highest BCUT2D eigenvalue weighted by Crippen LogP contribution is 2.32. The Kier molecular flexibility index (Phi) is 5.37. The number of nitrogens with two attached hydrogens (primary N) is 1. The normalized spacial score (nSPS) is 13.1. The van der Waals surface area contributed by atoms with Crippen LogP contribution < -0.4 is 20.5 Å². The van der Waals surface area contributed by atoms with Gasteiger partial charge in [0.25, 0.3) is 0 Å². The fourth-order valence-electron chi connectivity index (χ4n) is 2.87. The molecule has 1 aliphatic rings. The van der Waals surface area contributed by atoms with Crippen molar-refractivity contribution >= 4 is 22.9 Å². The summed E-state index contributed by atoms with van der Waals surface area (Å²) in [6.07, 6.45) is 0.953. The molecule has 5 nitrogen and oxygen atoms in total. The van der Waals surface area contributed by atoms with Gasteiger partial charge in [-0.15, -0.1) is 11.3 Å². The van der Waals surface area contributed by atoms with E-state index >= 15 is 0 Å². The van der Waals surface area contributed by atoms with Gasteiger partial charge in [0.2, 0.25) is 6.79 Å². The summed E-state index contributed by atoms with van der Waals surface area (Å²) in [6, 6.07) is 18.2. The van der Waals surface area contributed by atoms with Gasteiger partial charge in [-0.2, -0.15) is 0 Å². The molecule has 138 valence electrons. The van der Waals surface area contributed by atoms with Gasteiger partial charge in [-0.25, -0.2) is 4.99 Å². The number of thiophene rings is 1. The molecule has 0 bridgehead atoms. The van der Waals surface area contributed by atoms with Crippen LogP contribution in [0.1, 0.15) is 16.0 Å². The second kappa shape index (κ2) is 8.24. The molecule has 2 heterocycles. The lowest BCUT2D eigenvalue weighted by Crippen LogP contribution is -2.16. The van der Waals surface area contributed by atoms with E-state index < -0.39 is 0 Å². The Hall–Kier alpha value is -2.83. The summed E-state index contributed by atoms with van der Waals surface area (Å²) in [7, 11) is 0. The number of hydrogen-bond donors (Lipinski definition) is 2. The monoisotopic (exact) mass is 379 g/mol. The SMILES string of the molecule is NC(=Nc1ccc(CCNCc2ccc3c(c2)OCO3)cc1)c1cccs1. The van der Waals surface area contributed by atoms with E-state index in [1.807, 2.05) is 41.8 Å². The number of hydrogen-bond acceptors (Lipinski definition) is 5. The summed E-state index contributed by atoms with van der Waals surface area (Å²) in [5.41, 5.74) is 9.36. The fraction of sp³-hybridized carbons (Fsp3) is 0.190. The van der Waals surface area contributed by atoms with Gasteiger partial charge in [0, 0.05) is 6.54 Å². The van der Waals surface area contributed by atoms with Crippen LogP contribution in [0.15, 0.2) is 65.0 Å². The number of benzene rings is 2. The second-order valence-electron chi connectivity index (χ2n) is 6.26. The molecule has 3 N–H and O–H groups in total. The Bertz CT molecular complexity index is 921. The summed E-state index contributed by atoms with van der Waals surface area (Å²) in [4.78, 5) is 5.47. The molecule has 2 aromatic carbocycles. The molecule has 27 heavy (non-hydrogen) atoms. The zero-order chi connectivity index (χ0) is 18.5. The van der Waals surface area contributed by atoms with Crippen molar-refractivity contribution in [1.29, 1.82) is 0 Å². The zero-order valence-electron chi connectivity index (χ0n) is 14.9. The van der Waals surface area contributed by atoms with Gasteiger partial charge in [0.15, 0.2) is 11.5 Å². The average Bonchev–Trinajstić information content (AvgIpc) is 3.38. The standard InChI is InChI=1S/C21H21N3O2S/c22-21(20-2-1-11-27-20)24-17-6-3-15(4-7-17)9-10-23-13-16-5-8-18-19(12-16)26-14-25-18/h1-8,11-12,23H,9-10,13-14H2,(H2,22,24). The van der Waals surface area contributed by atoms with Crippen LogP contribution >= 0.6 is 11.3 Å². The van der Waals surface area contributed by atoms with Crippen LogP contribution in [-0.2, 0) is 13.0 Å². The fourth-order valence-corrected chi connectivity index (χ4v) is 3.50. The van der Waals surface area contributed by atoms with Crippen molar-refractivity contribution in [3.63, 3.8) is 0 Å². The van der Waals surface area contributed by atoms with E-state index in [1.165, 1.54) is 11.1 Å². The summed E-state index contributed by atoms with van der Waals surface area (Å²) in [5, 5.41) is 5.46. The maximum atomic E-state index is 6.03. The smallest absolute Gasteiger partial charge is 0.231 e. The van der Waals surface area contributed by atoms with E-state index in [1.54, 1.807) is 11.3 Å². The van der Waals surface area contributed by atoms with Crippen LogP contribution in [0.4, 0.5) is 5.69 Å². The van der Waals surface area contributed by atoms with Gasteiger partial charge in [0.05, 0.1) is 10.6 Å². The molecular formula is C21H21N3O2S. The molecule has 0 radical (unpaired) electrons. The molecule has 1 aromatic heterocycles. The van der Waals surface area contributed by atoms with Crippen molar-refractivity contribution in [2.45, 2.75) is 13.0 Å². The van der Waals surface area contributed by atoms with Gasteiger partial charge in [-0.3, -0.25) is 0 Å². The quantitative estimate of drug-likeness (QED) is 0.372. The summed E-state index contributed by atoms with van der Waals surface area (Å²) >= 11 is 1.59. The van der Waals surface area contributed by atoms with Gasteiger partial charge in [0.1, 0.15) is 5.84 Å². The molecule has 1 aliphatic heterocycles. The molecule has 0 saturated carbocycles. The van der Waals surface area contributed by atoms with Crippen LogP contribution in [0.3, 0.4) is 0 Å². The summed E-state index contributed by atoms with van der Waals surface area (Å²) < 4.78 is 10.7. The third-order valence-electron chi connectivity index (χ3n) is 4.32. The molecule has 0 fully saturated rings. The van der Waals surface area contributed by atoms with E-state index in [4.69, 9.17) is 15.2 Å². The molecule has 0 atom stereocenters. The van der Waals surface area contributed by atoms with Gasteiger partial charge in [-0.05, 0) is 59.8 Å². The minimum atomic E-state index is 0.311. The largest absolute Gasteiger partial charge is 0.454 e. The first-order chi connectivity index (χ1) is 13.3. The van der Waals surface area contributed by atoms with E-state index in [0.717, 1.165) is 41.6 Å². The molecule has 0 amide bonds. The molecule has 0 aliphatic carbocycles. The molecule has 6 heteroatoms. The number of fused-ring (bicyclic) bond motifs is 1. The maximum Gasteiger partial charge on any atom is 0.231 e. The Morgan fingerprint density at radius 3 is 2.67 bits per heavy atom. The van der Waals surface area contributed by atoms with E-state index in [9.17, 15) is 0 Å². The first kappa shape index (κ1) is 17.6. The van der Waals surface area contributed by atoms with Gasteiger partial charge >= 0.3 is 0 Å². The zero-order valence-corrected chi connectivity index (χ0v) is 15.7. The van der Waals surface area contributed by atoms with Crippen LogP contribution in [0, 0.1) is 0 Å². The van der Waals surface area contributed by atoms with Crippen molar-refractivity contribution in [1.82, 2.24) is 5.32 Å². The number of rotatable bonds is 7. The maximum absolute atomic E-state index is 6.03. The molecular weight excluding hydrogens is 358 g/mol. The van der Waals surface area contributed by atoms with Crippen molar-refractivity contribution in [3.05, 3.63) is 76.0 Å². The Balaban J connectivity index is 1.26. The number of nitrogens with one attached hydrogen (secondary N) is 1. The van der Waals surface area contributed by atoms with Crippen LogP contribution in [0.2, 0.25) is 0 Å². The third kappa shape index (κ3) is 4.48. The second-order valence-corrected chi connectivity index (χ2v) is 7.20. The van der Waals surface area contributed by atoms with Crippen molar-refractivity contribution in [2.75, 3.05) is 13.3 Å². The number of nitrogens with zero attached hydrogens (tertiary/aromatic N) is 1. The topological polar surface area (TPSA) is 68.9 Å². The Labute approximate surface area is 162 Å². The molecule has 3 aromatic rings. The van der Waals surface area contributed by atoms with E-state index in [-0.39, 0.29) is 0 Å². The Morgan fingerprint density at radius 1 is 1.04 bits per heavy atom. The Morgan fingerprint density at radius 2 is 1.85 bits per heavy atom. The number of ether oxygens (including phenoxy) is 2. The molecule has 0 spiro atoms. The predicted octanol–water partition coefficient (Wildman–Crippen LogP) is 3.85. The number of aliphatic imine (C=N–C) groups is 1. The van der Waals surface area contributed by atoms with Crippen molar-refractivity contribution < 1.29 is 9.47 Å². The highest BCUT2D eigenvalue weighted by atomic mass is 32.1. The van der Waals surface area contributed by atoms with Crippen LogP contribution in [0.25, 0.3) is 0 Å². The van der Waals surface area contributed by atoms with Crippen LogP contribution in [0.5, 0.6) is 11.5 Å². The minimum absolute atomic E-state index is 0.311. The highest BCUT2D eigenvalue weighted by molar-refractivity contribution is 7.12. The first-order valence-electron chi connectivity index (χ1n) is 8.84. The van der Waals surface area contributed by atoms with E-state index in [2.05, 4.69) is 28.5 Å². The summed E-state index contributed by atoms with van der Waals surface area (Å²) in [5.74, 6) is 2.21. The van der Waals surface area contributed by atoms with Crippen LogP contribution in [-0.4, -0.2) is 19.2 Å². The molecule has 4 rings (SSSR count).